The van der Waals surface area contributed by atoms with Crippen LogP contribution in [0.5, 0.6) is 17.2 Å². The van der Waals surface area contributed by atoms with Crippen LogP contribution in [0.4, 0.5) is 0 Å². The van der Waals surface area contributed by atoms with Crippen molar-refractivity contribution in [1.82, 2.24) is 10.6 Å². The SMILES string of the molecule is CCOc1ccc(C(=O)N[C@H](C(=O)OCC(=O)NCCc2ccc(OC)c(OC)c2)C(C)C)cc1. The number of carbonyl (C=O) groups excluding carboxylic acids is 3. The molecule has 35 heavy (non-hydrogen) atoms. The van der Waals surface area contributed by atoms with Crippen molar-refractivity contribution in [1.29, 1.82) is 0 Å². The largest absolute Gasteiger partial charge is 0.494 e. The Balaban J connectivity index is 1.82. The maximum atomic E-state index is 12.6. The molecule has 0 aliphatic rings. The van der Waals surface area contributed by atoms with Gasteiger partial charge in [-0.05, 0) is 61.2 Å². The van der Waals surface area contributed by atoms with Gasteiger partial charge < -0.3 is 29.6 Å². The first-order valence-corrected chi connectivity index (χ1v) is 11.5. The molecule has 2 rings (SSSR count). The Morgan fingerprint density at radius 3 is 2.23 bits per heavy atom. The Bertz CT molecular complexity index is 990. The van der Waals surface area contributed by atoms with Crippen LogP contribution in [0.1, 0.15) is 36.7 Å². The summed E-state index contributed by atoms with van der Waals surface area (Å²) in [6.07, 6.45) is 0.562. The number of nitrogens with one attached hydrogen (secondary N) is 2. The summed E-state index contributed by atoms with van der Waals surface area (Å²) < 4.78 is 21.0. The van der Waals surface area contributed by atoms with E-state index in [9.17, 15) is 14.4 Å². The van der Waals surface area contributed by atoms with Gasteiger partial charge in [-0.25, -0.2) is 4.79 Å². The van der Waals surface area contributed by atoms with Gasteiger partial charge in [0, 0.05) is 12.1 Å². The summed E-state index contributed by atoms with van der Waals surface area (Å²) in [6.45, 7) is 5.89. The summed E-state index contributed by atoms with van der Waals surface area (Å²) in [4.78, 5) is 37.3. The summed E-state index contributed by atoms with van der Waals surface area (Å²) in [5, 5.41) is 5.40. The van der Waals surface area contributed by atoms with Gasteiger partial charge in [-0.15, -0.1) is 0 Å². The van der Waals surface area contributed by atoms with E-state index in [0.717, 1.165) is 5.56 Å². The van der Waals surface area contributed by atoms with Crippen LogP contribution in [-0.4, -0.2) is 57.8 Å². The molecular formula is C26H34N2O7. The number of rotatable bonds is 13. The van der Waals surface area contributed by atoms with Crippen molar-refractivity contribution in [2.24, 2.45) is 5.92 Å². The Labute approximate surface area is 206 Å². The number of benzene rings is 2. The van der Waals surface area contributed by atoms with E-state index in [0.29, 0.717) is 42.4 Å². The van der Waals surface area contributed by atoms with Crippen molar-refractivity contribution in [3.8, 4) is 17.2 Å². The lowest BCUT2D eigenvalue weighted by Gasteiger charge is -2.21. The standard InChI is InChI=1S/C26H34N2O7/c1-6-34-20-10-8-19(9-11-20)25(30)28-24(17(2)3)26(31)35-16-23(29)27-14-13-18-7-12-21(32-4)22(15-18)33-5/h7-12,15,17,24H,6,13-14,16H2,1-5H3,(H,27,29)(H,28,30)/t24-/m0/s1. The Hall–Kier alpha value is -3.75. The maximum Gasteiger partial charge on any atom is 0.329 e. The summed E-state index contributed by atoms with van der Waals surface area (Å²) in [5.74, 6) is 0.138. The second-order valence-electron chi connectivity index (χ2n) is 8.05. The number of methoxy groups -OCH3 is 2. The third kappa shape index (κ3) is 8.51. The lowest BCUT2D eigenvalue weighted by molar-refractivity contribution is -0.151. The molecular weight excluding hydrogens is 452 g/mol. The topological polar surface area (TPSA) is 112 Å². The van der Waals surface area contributed by atoms with E-state index in [1.165, 1.54) is 0 Å². The van der Waals surface area contributed by atoms with Crippen molar-refractivity contribution in [2.75, 3.05) is 34.0 Å². The highest BCUT2D eigenvalue weighted by Crippen LogP contribution is 2.27. The fourth-order valence-corrected chi connectivity index (χ4v) is 3.25. The monoisotopic (exact) mass is 486 g/mol. The molecule has 2 aromatic carbocycles. The Morgan fingerprint density at radius 2 is 1.63 bits per heavy atom. The van der Waals surface area contributed by atoms with E-state index in [-0.39, 0.29) is 5.92 Å². The van der Waals surface area contributed by atoms with Crippen LogP contribution in [0, 0.1) is 5.92 Å². The van der Waals surface area contributed by atoms with Gasteiger partial charge in [0.05, 0.1) is 20.8 Å². The molecule has 0 aliphatic heterocycles. The molecule has 0 saturated heterocycles. The van der Waals surface area contributed by atoms with Gasteiger partial charge in [-0.1, -0.05) is 19.9 Å². The highest BCUT2D eigenvalue weighted by molar-refractivity contribution is 5.97. The zero-order valence-electron chi connectivity index (χ0n) is 20.9. The van der Waals surface area contributed by atoms with Crippen LogP contribution in [0.15, 0.2) is 42.5 Å². The first-order chi connectivity index (χ1) is 16.8. The number of esters is 1. The van der Waals surface area contributed by atoms with Crippen LogP contribution in [-0.2, 0) is 20.7 Å². The Morgan fingerprint density at radius 1 is 0.943 bits per heavy atom. The minimum Gasteiger partial charge on any atom is -0.494 e. The predicted molar refractivity (Wildman–Crippen MR) is 131 cm³/mol. The van der Waals surface area contributed by atoms with Crippen molar-refractivity contribution < 1.29 is 33.3 Å². The van der Waals surface area contributed by atoms with E-state index in [4.69, 9.17) is 18.9 Å². The Kier molecular flexibility index (Phi) is 10.9. The molecule has 0 heterocycles. The molecule has 0 saturated carbocycles. The van der Waals surface area contributed by atoms with Crippen molar-refractivity contribution in [3.05, 3.63) is 53.6 Å². The maximum absolute atomic E-state index is 12.6. The number of amides is 2. The number of hydrogen-bond donors (Lipinski definition) is 2. The van der Waals surface area contributed by atoms with E-state index in [1.54, 1.807) is 58.4 Å². The van der Waals surface area contributed by atoms with Gasteiger partial charge in [0.1, 0.15) is 11.8 Å². The first-order valence-electron chi connectivity index (χ1n) is 11.5. The minimum atomic E-state index is -0.895. The average Bonchev–Trinajstić information content (AvgIpc) is 2.86. The fourth-order valence-electron chi connectivity index (χ4n) is 3.25. The summed E-state index contributed by atoms with van der Waals surface area (Å²) in [5.41, 5.74) is 1.34. The average molecular weight is 487 g/mol. The molecule has 2 aromatic rings. The fraction of sp³-hybridized carbons (Fsp3) is 0.423. The van der Waals surface area contributed by atoms with Crippen LogP contribution < -0.4 is 24.8 Å². The van der Waals surface area contributed by atoms with Gasteiger partial charge in [0.25, 0.3) is 11.8 Å². The van der Waals surface area contributed by atoms with E-state index < -0.39 is 30.4 Å². The summed E-state index contributed by atoms with van der Waals surface area (Å²) in [7, 11) is 3.12. The van der Waals surface area contributed by atoms with E-state index >= 15 is 0 Å². The molecule has 0 spiro atoms. The second kappa shape index (κ2) is 13.8. The lowest BCUT2D eigenvalue weighted by atomic mass is 10.0. The van der Waals surface area contributed by atoms with Crippen LogP contribution in [0.25, 0.3) is 0 Å². The third-order valence-electron chi connectivity index (χ3n) is 5.16. The molecule has 0 bridgehead atoms. The zero-order chi connectivity index (χ0) is 25.8. The molecule has 2 N–H and O–H groups in total. The zero-order valence-corrected chi connectivity index (χ0v) is 20.9. The van der Waals surface area contributed by atoms with Gasteiger partial charge in [0.2, 0.25) is 0 Å². The molecule has 9 heteroatoms. The van der Waals surface area contributed by atoms with Gasteiger partial charge in [0.15, 0.2) is 18.1 Å². The number of carbonyl (C=O) groups is 3. The second-order valence-corrected chi connectivity index (χ2v) is 8.05. The summed E-state index contributed by atoms with van der Waals surface area (Å²) in [6, 6.07) is 11.2. The van der Waals surface area contributed by atoms with E-state index in [1.807, 2.05) is 19.1 Å². The predicted octanol–water partition coefficient (Wildman–Crippen LogP) is 2.76. The highest BCUT2D eigenvalue weighted by Gasteiger charge is 2.26. The molecule has 2 amide bonds. The van der Waals surface area contributed by atoms with Gasteiger partial charge in [-0.3, -0.25) is 9.59 Å². The summed E-state index contributed by atoms with van der Waals surface area (Å²) >= 11 is 0. The van der Waals surface area contributed by atoms with Gasteiger partial charge in [-0.2, -0.15) is 0 Å². The molecule has 0 radical (unpaired) electrons. The molecule has 0 unspecified atom stereocenters. The normalized spacial score (nSPS) is 11.4. The molecule has 0 fully saturated rings. The third-order valence-corrected chi connectivity index (χ3v) is 5.16. The van der Waals surface area contributed by atoms with Crippen LogP contribution in [0.2, 0.25) is 0 Å². The lowest BCUT2D eigenvalue weighted by Crippen LogP contribution is -2.46. The molecule has 0 aliphatic carbocycles. The molecule has 190 valence electrons. The minimum absolute atomic E-state index is 0.234. The molecule has 0 aromatic heterocycles. The molecule has 1 atom stereocenters. The number of ether oxygens (including phenoxy) is 4. The molecule has 9 nitrogen and oxygen atoms in total. The first kappa shape index (κ1) is 27.5. The number of hydrogen-bond acceptors (Lipinski definition) is 7. The smallest absolute Gasteiger partial charge is 0.329 e. The van der Waals surface area contributed by atoms with Crippen molar-refractivity contribution in [2.45, 2.75) is 33.2 Å². The van der Waals surface area contributed by atoms with Crippen molar-refractivity contribution >= 4 is 17.8 Å². The van der Waals surface area contributed by atoms with E-state index in [2.05, 4.69) is 10.6 Å². The van der Waals surface area contributed by atoms with Crippen LogP contribution >= 0.6 is 0 Å². The highest BCUT2D eigenvalue weighted by atomic mass is 16.5. The van der Waals surface area contributed by atoms with Gasteiger partial charge >= 0.3 is 5.97 Å². The van der Waals surface area contributed by atoms with Crippen molar-refractivity contribution in [3.63, 3.8) is 0 Å². The quantitative estimate of drug-likeness (QED) is 0.419. The van der Waals surface area contributed by atoms with Crippen LogP contribution in [0.3, 0.4) is 0 Å².